The molecule has 1 heterocycles. The monoisotopic (exact) mass is 387 g/mol. The highest BCUT2D eigenvalue weighted by atomic mass is 16.5. The molecule has 148 valence electrons. The summed E-state index contributed by atoms with van der Waals surface area (Å²) in [6.07, 6.45) is 3.97. The van der Waals surface area contributed by atoms with Crippen LogP contribution in [0.4, 0.5) is 0 Å². The highest BCUT2D eigenvalue weighted by Gasteiger charge is 2.16. The summed E-state index contributed by atoms with van der Waals surface area (Å²) < 4.78 is 7.77. The van der Waals surface area contributed by atoms with Crippen molar-refractivity contribution in [3.8, 4) is 22.6 Å². The van der Waals surface area contributed by atoms with Crippen LogP contribution >= 0.6 is 0 Å². The molecule has 0 saturated carbocycles. The predicted octanol–water partition coefficient (Wildman–Crippen LogP) is 5.01. The molecule has 4 heteroatoms. The molecule has 0 bridgehead atoms. The first-order valence-corrected chi connectivity index (χ1v) is 9.64. The highest BCUT2D eigenvalue weighted by molar-refractivity contribution is 5.93. The summed E-state index contributed by atoms with van der Waals surface area (Å²) >= 11 is 0. The van der Waals surface area contributed by atoms with Gasteiger partial charge in [0.2, 0.25) is 0 Å². The average molecular weight is 387 g/mol. The Labute approximate surface area is 171 Å². The minimum absolute atomic E-state index is 0.0168. The van der Waals surface area contributed by atoms with Gasteiger partial charge in [-0.15, -0.1) is 0 Å². The zero-order valence-corrected chi connectivity index (χ0v) is 17.1. The molecule has 0 amide bonds. The number of nitrogens with zero attached hydrogens (tertiary/aromatic N) is 1. The molecule has 29 heavy (non-hydrogen) atoms. The minimum Gasteiger partial charge on any atom is -0.457 e. The largest absolute Gasteiger partial charge is 0.457 e. The molecular formula is C25H25NO3. The van der Waals surface area contributed by atoms with Crippen molar-refractivity contribution in [2.75, 3.05) is 0 Å². The van der Waals surface area contributed by atoms with Gasteiger partial charge in [0.25, 0.3) is 5.56 Å². The van der Waals surface area contributed by atoms with Crippen molar-refractivity contribution in [3.63, 3.8) is 0 Å². The Morgan fingerprint density at radius 3 is 2.52 bits per heavy atom. The van der Waals surface area contributed by atoms with Gasteiger partial charge < -0.3 is 9.30 Å². The number of rotatable bonds is 7. The molecule has 3 rings (SSSR count). The average Bonchev–Trinajstić information content (AvgIpc) is 2.72. The number of allylic oxidation sites excluding steroid dienone is 1. The number of hydrogen-bond acceptors (Lipinski definition) is 3. The van der Waals surface area contributed by atoms with Gasteiger partial charge in [-0.3, -0.25) is 9.59 Å². The molecule has 0 unspecified atom stereocenters. The van der Waals surface area contributed by atoms with E-state index in [9.17, 15) is 9.59 Å². The topological polar surface area (TPSA) is 48.3 Å². The van der Waals surface area contributed by atoms with Crippen LogP contribution in [0.3, 0.4) is 0 Å². The standard InChI is InChI=1S/C25H25NO3/c1-5-18-14-20(16-26(4)25(18)28)24-19(15-21(27)6-2)8-7-9-23(24)29-22-12-10-17(3)11-13-22/h6-14,16H,2,5,15H2,1,3-4H3. The van der Waals surface area contributed by atoms with Crippen molar-refractivity contribution in [1.29, 1.82) is 0 Å². The fraction of sp³-hybridized carbons (Fsp3) is 0.200. The van der Waals surface area contributed by atoms with Crippen LogP contribution in [0.15, 0.2) is 72.2 Å². The molecule has 0 radical (unpaired) electrons. The molecular weight excluding hydrogens is 362 g/mol. The maximum atomic E-state index is 12.4. The van der Waals surface area contributed by atoms with Crippen molar-refractivity contribution in [2.45, 2.75) is 26.7 Å². The Bertz CT molecular complexity index is 1110. The number of hydrogen-bond donors (Lipinski definition) is 0. The number of carbonyl (C=O) groups is 1. The molecule has 0 aliphatic carbocycles. The quantitative estimate of drug-likeness (QED) is 0.535. The number of carbonyl (C=O) groups excluding carboxylic acids is 1. The van der Waals surface area contributed by atoms with E-state index in [1.165, 1.54) is 6.08 Å². The number of ketones is 1. The first-order chi connectivity index (χ1) is 13.9. The second kappa shape index (κ2) is 8.74. The smallest absolute Gasteiger partial charge is 0.253 e. The van der Waals surface area contributed by atoms with Gasteiger partial charge in [0.15, 0.2) is 5.78 Å². The summed E-state index contributed by atoms with van der Waals surface area (Å²) in [6, 6.07) is 15.4. The molecule has 0 fully saturated rings. The van der Waals surface area contributed by atoms with Crippen LogP contribution in [0.25, 0.3) is 11.1 Å². The molecule has 3 aromatic rings. The van der Waals surface area contributed by atoms with Crippen LogP contribution in [0.5, 0.6) is 11.5 Å². The van der Waals surface area contributed by atoms with Gasteiger partial charge in [-0.25, -0.2) is 0 Å². The zero-order valence-electron chi connectivity index (χ0n) is 17.1. The maximum Gasteiger partial charge on any atom is 0.253 e. The number of aryl methyl sites for hydroxylation is 3. The fourth-order valence-corrected chi connectivity index (χ4v) is 3.30. The van der Waals surface area contributed by atoms with E-state index in [0.29, 0.717) is 17.9 Å². The zero-order chi connectivity index (χ0) is 21.0. The Balaban J connectivity index is 2.19. The third kappa shape index (κ3) is 4.54. The van der Waals surface area contributed by atoms with Gasteiger partial charge in [-0.1, -0.05) is 43.3 Å². The van der Waals surface area contributed by atoms with Crippen LogP contribution < -0.4 is 10.3 Å². The normalized spacial score (nSPS) is 10.6. The second-order valence-corrected chi connectivity index (χ2v) is 7.08. The molecule has 0 spiro atoms. The lowest BCUT2D eigenvalue weighted by molar-refractivity contribution is -0.114. The Morgan fingerprint density at radius 1 is 1.14 bits per heavy atom. The van der Waals surface area contributed by atoms with Crippen LogP contribution in [0, 0.1) is 6.92 Å². The first kappa shape index (κ1) is 20.3. The highest BCUT2D eigenvalue weighted by Crippen LogP contribution is 2.36. The summed E-state index contributed by atoms with van der Waals surface area (Å²) in [5.74, 6) is 1.28. The van der Waals surface area contributed by atoms with Crippen LogP contribution in [-0.4, -0.2) is 10.4 Å². The Kier molecular flexibility index (Phi) is 6.13. The Morgan fingerprint density at radius 2 is 1.86 bits per heavy atom. The van der Waals surface area contributed by atoms with Crippen molar-refractivity contribution in [3.05, 3.63) is 94.4 Å². The molecule has 4 nitrogen and oxygen atoms in total. The maximum absolute atomic E-state index is 12.4. The van der Waals surface area contributed by atoms with Crippen molar-refractivity contribution in [1.82, 2.24) is 4.57 Å². The SMILES string of the molecule is C=CC(=O)Cc1cccc(Oc2ccc(C)cc2)c1-c1cc(CC)c(=O)n(C)c1. The molecule has 0 saturated heterocycles. The fourth-order valence-electron chi connectivity index (χ4n) is 3.30. The summed E-state index contributed by atoms with van der Waals surface area (Å²) in [4.78, 5) is 24.5. The van der Waals surface area contributed by atoms with E-state index in [2.05, 4.69) is 6.58 Å². The molecule has 2 aromatic carbocycles. The third-order valence-electron chi connectivity index (χ3n) is 4.88. The van der Waals surface area contributed by atoms with E-state index in [1.807, 2.05) is 62.4 Å². The van der Waals surface area contributed by atoms with Crippen LogP contribution in [0.2, 0.25) is 0 Å². The summed E-state index contributed by atoms with van der Waals surface area (Å²) in [7, 11) is 1.74. The van der Waals surface area contributed by atoms with Crippen molar-refractivity contribution in [2.24, 2.45) is 7.05 Å². The van der Waals surface area contributed by atoms with E-state index in [4.69, 9.17) is 4.74 Å². The van der Waals surface area contributed by atoms with E-state index >= 15 is 0 Å². The summed E-state index contributed by atoms with van der Waals surface area (Å²) in [5.41, 5.74) is 4.34. The Hall–Kier alpha value is -3.40. The minimum atomic E-state index is -0.0701. The van der Waals surface area contributed by atoms with Crippen molar-refractivity contribution < 1.29 is 9.53 Å². The number of benzene rings is 2. The van der Waals surface area contributed by atoms with Crippen LogP contribution in [0.1, 0.15) is 23.6 Å². The van der Waals surface area contributed by atoms with Gasteiger partial charge in [0, 0.05) is 36.4 Å². The molecule has 0 aliphatic heterocycles. The summed E-state index contributed by atoms with van der Waals surface area (Å²) in [5, 5.41) is 0. The van der Waals surface area contributed by atoms with Crippen LogP contribution in [-0.2, 0) is 24.7 Å². The molecule has 1 aromatic heterocycles. The number of ether oxygens (including phenoxy) is 1. The molecule has 0 atom stereocenters. The van der Waals surface area contributed by atoms with Crippen molar-refractivity contribution >= 4 is 5.78 Å². The van der Waals surface area contributed by atoms with Gasteiger partial charge in [0.05, 0.1) is 0 Å². The van der Waals surface area contributed by atoms with Gasteiger partial charge in [-0.05, 0) is 49.2 Å². The lowest BCUT2D eigenvalue weighted by Crippen LogP contribution is -2.20. The van der Waals surface area contributed by atoms with E-state index < -0.39 is 0 Å². The van der Waals surface area contributed by atoms with E-state index in [-0.39, 0.29) is 17.8 Å². The van der Waals surface area contributed by atoms with Gasteiger partial charge in [0.1, 0.15) is 11.5 Å². The third-order valence-corrected chi connectivity index (χ3v) is 4.88. The lowest BCUT2D eigenvalue weighted by Gasteiger charge is -2.17. The first-order valence-electron chi connectivity index (χ1n) is 9.64. The second-order valence-electron chi connectivity index (χ2n) is 7.08. The summed E-state index contributed by atoms with van der Waals surface area (Å²) in [6.45, 7) is 7.56. The van der Waals surface area contributed by atoms with Gasteiger partial charge in [-0.2, -0.15) is 0 Å². The number of aromatic nitrogens is 1. The van der Waals surface area contributed by atoms with Gasteiger partial charge >= 0.3 is 0 Å². The number of pyridine rings is 1. The predicted molar refractivity (Wildman–Crippen MR) is 117 cm³/mol. The molecule has 0 N–H and O–H groups in total. The molecule has 0 aliphatic rings. The van der Waals surface area contributed by atoms with E-state index in [1.54, 1.807) is 17.8 Å². The van der Waals surface area contributed by atoms with E-state index in [0.717, 1.165) is 27.8 Å². The lowest BCUT2D eigenvalue weighted by atomic mass is 9.95.